The summed E-state index contributed by atoms with van der Waals surface area (Å²) >= 11 is 0. The van der Waals surface area contributed by atoms with Crippen molar-refractivity contribution in [1.29, 1.82) is 0 Å². The van der Waals surface area contributed by atoms with Crippen molar-refractivity contribution in [3.05, 3.63) is 42.7 Å². The van der Waals surface area contributed by atoms with E-state index >= 15 is 0 Å². The van der Waals surface area contributed by atoms with Gasteiger partial charge in [0.2, 0.25) is 0 Å². The minimum atomic E-state index is 0.845. The third-order valence-corrected chi connectivity index (χ3v) is 2.41. The number of aryl methyl sites for hydroxylation is 1. The van der Waals surface area contributed by atoms with Gasteiger partial charge in [-0.25, -0.2) is 19.5 Å². The highest BCUT2D eigenvalue weighted by Gasteiger charge is 2.04. The Morgan fingerprint density at radius 2 is 1.94 bits per heavy atom. The largest absolute Gasteiger partial charge is 0.245 e. The van der Waals surface area contributed by atoms with Crippen molar-refractivity contribution in [3.8, 4) is 11.3 Å². The lowest BCUT2D eigenvalue weighted by molar-refractivity contribution is 0.939. The van der Waals surface area contributed by atoms with Crippen LogP contribution >= 0.6 is 0 Å². The monoisotopic (exact) mass is 241 g/mol. The fourth-order valence-electron chi connectivity index (χ4n) is 1.59. The molecule has 3 rings (SSSR count). The Morgan fingerprint density at radius 3 is 2.67 bits per heavy atom. The molecule has 0 aromatic carbocycles. The number of hydrogen-bond donors (Lipinski definition) is 0. The van der Waals surface area contributed by atoms with Gasteiger partial charge in [-0.2, -0.15) is 5.10 Å². The van der Waals surface area contributed by atoms with Crippen LogP contribution in [0.1, 0.15) is 19.4 Å². The van der Waals surface area contributed by atoms with Gasteiger partial charge in [-0.05, 0) is 13.0 Å². The average Bonchev–Trinajstić information content (AvgIpc) is 2.83. The second kappa shape index (κ2) is 5.35. The van der Waals surface area contributed by atoms with E-state index in [1.54, 1.807) is 23.1 Å². The number of rotatable bonds is 1. The van der Waals surface area contributed by atoms with Crippen LogP contribution in [0.15, 0.2) is 37.2 Å². The highest BCUT2D eigenvalue weighted by Crippen LogP contribution is 2.15. The van der Waals surface area contributed by atoms with Crippen LogP contribution in [0.5, 0.6) is 0 Å². The molecular formula is C13H15N5. The second-order valence-electron chi connectivity index (χ2n) is 3.53. The number of nitrogens with zero attached hydrogens (tertiary/aromatic N) is 5. The SMILES string of the molecule is CC.Cc1cnn2cc(-c3ccncn3)cnc12. The van der Waals surface area contributed by atoms with E-state index in [9.17, 15) is 0 Å². The van der Waals surface area contributed by atoms with Gasteiger partial charge in [0.05, 0.1) is 11.9 Å². The van der Waals surface area contributed by atoms with Crippen LogP contribution in [0.3, 0.4) is 0 Å². The van der Waals surface area contributed by atoms with Crippen LogP contribution in [0, 0.1) is 6.92 Å². The highest BCUT2D eigenvalue weighted by atomic mass is 15.2. The molecule has 0 unspecified atom stereocenters. The first kappa shape index (κ1) is 12.2. The summed E-state index contributed by atoms with van der Waals surface area (Å²) in [5.74, 6) is 0. The molecular weight excluding hydrogens is 226 g/mol. The summed E-state index contributed by atoms with van der Waals surface area (Å²) in [5.41, 5.74) is 3.71. The van der Waals surface area contributed by atoms with Crippen molar-refractivity contribution in [2.24, 2.45) is 0 Å². The summed E-state index contributed by atoms with van der Waals surface area (Å²) in [7, 11) is 0. The van der Waals surface area contributed by atoms with Crippen LogP contribution < -0.4 is 0 Å². The highest BCUT2D eigenvalue weighted by molar-refractivity contribution is 5.58. The first-order valence-corrected chi connectivity index (χ1v) is 5.91. The maximum atomic E-state index is 4.36. The van der Waals surface area contributed by atoms with E-state index in [2.05, 4.69) is 20.1 Å². The fourth-order valence-corrected chi connectivity index (χ4v) is 1.59. The molecule has 0 aliphatic rings. The van der Waals surface area contributed by atoms with E-state index in [0.29, 0.717) is 0 Å². The van der Waals surface area contributed by atoms with Gasteiger partial charge in [-0.1, -0.05) is 13.8 Å². The van der Waals surface area contributed by atoms with Gasteiger partial charge < -0.3 is 0 Å². The van der Waals surface area contributed by atoms with E-state index in [-0.39, 0.29) is 0 Å². The van der Waals surface area contributed by atoms with E-state index in [4.69, 9.17) is 0 Å². The summed E-state index contributed by atoms with van der Waals surface area (Å²) < 4.78 is 1.76. The van der Waals surface area contributed by atoms with E-state index in [0.717, 1.165) is 22.5 Å². The lowest BCUT2D eigenvalue weighted by Crippen LogP contribution is -1.93. The van der Waals surface area contributed by atoms with Gasteiger partial charge in [0.1, 0.15) is 6.33 Å². The van der Waals surface area contributed by atoms with Gasteiger partial charge in [0, 0.05) is 29.7 Å². The summed E-state index contributed by atoms with van der Waals surface area (Å²) in [6.45, 7) is 5.99. The zero-order valence-corrected chi connectivity index (χ0v) is 10.7. The molecule has 0 N–H and O–H groups in total. The minimum Gasteiger partial charge on any atom is -0.245 e. The van der Waals surface area contributed by atoms with Crippen molar-refractivity contribution in [3.63, 3.8) is 0 Å². The molecule has 18 heavy (non-hydrogen) atoms. The van der Waals surface area contributed by atoms with E-state index in [1.165, 1.54) is 6.33 Å². The maximum Gasteiger partial charge on any atom is 0.157 e. The normalized spacial score (nSPS) is 9.94. The predicted octanol–water partition coefficient (Wildman–Crippen LogP) is 2.52. The molecule has 0 saturated heterocycles. The molecule has 0 atom stereocenters. The Hall–Kier alpha value is -2.30. The minimum absolute atomic E-state index is 0.845. The molecule has 0 amide bonds. The van der Waals surface area contributed by atoms with Gasteiger partial charge in [0.15, 0.2) is 5.65 Å². The van der Waals surface area contributed by atoms with Gasteiger partial charge in [0.25, 0.3) is 0 Å². The topological polar surface area (TPSA) is 56.0 Å². The van der Waals surface area contributed by atoms with E-state index < -0.39 is 0 Å². The van der Waals surface area contributed by atoms with E-state index in [1.807, 2.05) is 33.0 Å². The number of hydrogen-bond acceptors (Lipinski definition) is 4. The molecule has 3 aromatic rings. The lowest BCUT2D eigenvalue weighted by atomic mass is 10.2. The quantitative estimate of drug-likeness (QED) is 0.657. The third kappa shape index (κ3) is 2.20. The number of fused-ring (bicyclic) bond motifs is 1. The molecule has 5 heteroatoms. The Bertz CT molecular complexity index is 630. The van der Waals surface area contributed by atoms with Crippen LogP contribution in [0.25, 0.3) is 16.9 Å². The predicted molar refractivity (Wildman–Crippen MR) is 70.1 cm³/mol. The maximum absolute atomic E-state index is 4.36. The van der Waals surface area contributed by atoms with Crippen molar-refractivity contribution < 1.29 is 0 Å². The molecule has 0 fully saturated rings. The Morgan fingerprint density at radius 1 is 1.11 bits per heavy atom. The third-order valence-electron chi connectivity index (χ3n) is 2.41. The van der Waals surface area contributed by atoms with Crippen molar-refractivity contribution in [2.45, 2.75) is 20.8 Å². The Kier molecular flexibility index (Phi) is 3.62. The Balaban J connectivity index is 0.000000574. The van der Waals surface area contributed by atoms with Crippen LogP contribution in [-0.2, 0) is 0 Å². The molecule has 0 aliphatic carbocycles. The average molecular weight is 241 g/mol. The van der Waals surface area contributed by atoms with Crippen molar-refractivity contribution in [2.75, 3.05) is 0 Å². The summed E-state index contributed by atoms with van der Waals surface area (Å²) in [4.78, 5) is 12.4. The molecule has 0 spiro atoms. The van der Waals surface area contributed by atoms with Gasteiger partial charge in [-0.3, -0.25) is 0 Å². The smallest absolute Gasteiger partial charge is 0.157 e. The molecule has 0 saturated carbocycles. The molecule has 3 heterocycles. The van der Waals surface area contributed by atoms with Gasteiger partial charge in [-0.15, -0.1) is 0 Å². The number of aromatic nitrogens is 5. The molecule has 0 bridgehead atoms. The summed E-state index contributed by atoms with van der Waals surface area (Å²) in [5, 5.41) is 4.22. The van der Waals surface area contributed by atoms with Crippen molar-refractivity contribution >= 4 is 5.65 Å². The Labute approximate surface area is 106 Å². The first-order chi connectivity index (χ1) is 8.84. The standard InChI is InChI=1S/C11H9N5.C2H6/c1-8-4-15-16-6-9(5-13-11(8)16)10-2-3-12-7-14-10;1-2/h2-7H,1H3;1-2H3. The fraction of sp³-hybridized carbons (Fsp3) is 0.231. The molecule has 3 aromatic heterocycles. The molecule has 0 aliphatic heterocycles. The summed E-state index contributed by atoms with van der Waals surface area (Å²) in [6.07, 6.45) is 8.74. The molecule has 92 valence electrons. The molecule has 0 radical (unpaired) electrons. The van der Waals surface area contributed by atoms with Crippen LogP contribution in [-0.4, -0.2) is 24.6 Å². The van der Waals surface area contributed by atoms with Crippen molar-refractivity contribution in [1.82, 2.24) is 24.6 Å². The van der Waals surface area contributed by atoms with Crippen LogP contribution in [0.2, 0.25) is 0 Å². The van der Waals surface area contributed by atoms with Crippen LogP contribution in [0.4, 0.5) is 0 Å². The lowest BCUT2D eigenvalue weighted by Gasteiger charge is -2.00. The first-order valence-electron chi connectivity index (χ1n) is 5.91. The summed E-state index contributed by atoms with van der Waals surface area (Å²) in [6, 6.07) is 1.85. The second-order valence-corrected chi connectivity index (χ2v) is 3.53. The zero-order valence-electron chi connectivity index (χ0n) is 10.7. The molecule has 5 nitrogen and oxygen atoms in total. The zero-order chi connectivity index (χ0) is 13.0. The van der Waals surface area contributed by atoms with Gasteiger partial charge >= 0.3 is 0 Å².